The lowest BCUT2D eigenvalue weighted by atomic mass is 10.0. The average Bonchev–Trinajstić information content (AvgIpc) is 2.98. The first-order valence-electron chi connectivity index (χ1n) is 9.68. The lowest BCUT2D eigenvalue weighted by Crippen LogP contribution is -2.44. The molecule has 0 fully saturated rings. The molecule has 0 atom stereocenters. The summed E-state index contributed by atoms with van der Waals surface area (Å²) in [4.78, 5) is 23.3. The van der Waals surface area contributed by atoms with Crippen molar-refractivity contribution in [3.05, 3.63) is 40.0 Å². The van der Waals surface area contributed by atoms with Crippen molar-refractivity contribution in [3.8, 4) is 11.1 Å². The Labute approximate surface area is 178 Å². The summed E-state index contributed by atoms with van der Waals surface area (Å²) in [5.41, 5.74) is 1.85. The van der Waals surface area contributed by atoms with E-state index in [0.717, 1.165) is 0 Å². The summed E-state index contributed by atoms with van der Waals surface area (Å²) in [5, 5.41) is 35.7. The minimum Gasteiger partial charge on any atom is -0.739 e. The number of fused-ring (bicyclic) bond motifs is 1. The lowest BCUT2D eigenvalue weighted by molar-refractivity contribution is -0.672. The van der Waals surface area contributed by atoms with Gasteiger partial charge in [-0.3, -0.25) is 5.32 Å². The zero-order valence-corrected chi connectivity index (χ0v) is 18.0. The molecule has 31 heavy (non-hydrogen) atoms. The Kier molecular flexibility index (Phi) is 5.78. The van der Waals surface area contributed by atoms with E-state index in [-0.39, 0.29) is 29.9 Å². The summed E-state index contributed by atoms with van der Waals surface area (Å²) in [6, 6.07) is 4.69. The minimum atomic E-state index is -0.675. The van der Waals surface area contributed by atoms with E-state index in [9.17, 15) is 20.0 Å². The van der Waals surface area contributed by atoms with Gasteiger partial charge in [0, 0.05) is 22.9 Å². The molecular weight excluding hydrogens is 404 g/mol. The van der Waals surface area contributed by atoms with Crippen LogP contribution in [0.4, 0.5) is 10.7 Å². The van der Waals surface area contributed by atoms with Gasteiger partial charge in [0.1, 0.15) is 11.9 Å². The third-order valence-corrected chi connectivity index (χ3v) is 4.47. The van der Waals surface area contributed by atoms with Crippen LogP contribution in [-0.2, 0) is 9.53 Å². The highest BCUT2D eigenvalue weighted by Gasteiger charge is 2.25. The fourth-order valence-corrected chi connectivity index (χ4v) is 3.19. The molecule has 11 nitrogen and oxygen atoms in total. The molecule has 0 spiro atoms. The van der Waals surface area contributed by atoms with Crippen molar-refractivity contribution in [2.24, 2.45) is 0 Å². The fraction of sp³-hybridized carbons (Fsp3) is 0.400. The zero-order chi connectivity index (χ0) is 22.9. The summed E-state index contributed by atoms with van der Waals surface area (Å²) < 4.78 is 7.07. The first-order valence-corrected chi connectivity index (χ1v) is 9.68. The second-order valence-electron chi connectivity index (χ2n) is 8.01. The third kappa shape index (κ3) is 4.39. The van der Waals surface area contributed by atoms with Crippen LogP contribution in [0.5, 0.6) is 0 Å². The smallest absolute Gasteiger partial charge is 0.460 e. The quantitative estimate of drug-likeness (QED) is 0.281. The highest BCUT2D eigenvalue weighted by atomic mass is 16.6. The van der Waals surface area contributed by atoms with Crippen molar-refractivity contribution in [1.82, 2.24) is 14.9 Å². The lowest BCUT2D eigenvalue weighted by Gasteiger charge is -2.19. The van der Waals surface area contributed by atoms with Crippen LogP contribution in [0.1, 0.15) is 38.6 Å². The number of hydrogen-bond donors (Lipinski definition) is 1. The van der Waals surface area contributed by atoms with E-state index < -0.39 is 11.7 Å². The summed E-state index contributed by atoms with van der Waals surface area (Å²) in [5.74, 6) is -0.192. The van der Waals surface area contributed by atoms with E-state index in [4.69, 9.17) is 4.74 Å². The molecule has 164 valence electrons. The highest BCUT2D eigenvalue weighted by molar-refractivity contribution is 5.81. The molecule has 0 aliphatic carbocycles. The van der Waals surface area contributed by atoms with Crippen molar-refractivity contribution in [1.29, 1.82) is 0 Å². The molecule has 0 amide bonds. The van der Waals surface area contributed by atoms with Crippen molar-refractivity contribution in [2.75, 3.05) is 11.9 Å². The van der Waals surface area contributed by atoms with Gasteiger partial charge in [0.25, 0.3) is 5.52 Å². The molecule has 3 rings (SSSR count). The number of benzene rings is 1. The molecule has 2 aromatic heterocycles. The van der Waals surface area contributed by atoms with E-state index in [0.29, 0.717) is 38.4 Å². The van der Waals surface area contributed by atoms with E-state index in [1.807, 2.05) is 0 Å². The number of aromatic nitrogens is 5. The number of aryl methyl sites for hydroxylation is 1. The van der Waals surface area contributed by atoms with Gasteiger partial charge >= 0.3 is 12.0 Å². The molecule has 11 heteroatoms. The number of anilines is 1. The van der Waals surface area contributed by atoms with Crippen molar-refractivity contribution in [2.45, 2.75) is 46.6 Å². The van der Waals surface area contributed by atoms with E-state index in [1.54, 1.807) is 40.7 Å². The van der Waals surface area contributed by atoms with Gasteiger partial charge in [-0.1, -0.05) is 6.07 Å². The predicted molar refractivity (Wildman–Crippen MR) is 111 cm³/mol. The van der Waals surface area contributed by atoms with Crippen LogP contribution >= 0.6 is 0 Å². The van der Waals surface area contributed by atoms with Crippen LogP contribution in [0, 0.1) is 24.3 Å². The number of nitrogens with one attached hydrogen (secondary N) is 1. The van der Waals surface area contributed by atoms with E-state index in [2.05, 4.69) is 15.5 Å². The SMILES string of the molecule is Cc1nn(C(=O)OC(C)(C)C)c(C)c1-c1ccc2c(c1)[n+]([O-])nc(NCCC=O)[n+]2[O-]. The first-order chi connectivity index (χ1) is 14.5. The number of nitrogens with zero attached hydrogens (tertiary/aromatic N) is 5. The third-order valence-electron chi connectivity index (χ3n) is 4.47. The number of carbonyl (C=O) groups is 2. The Bertz CT molecular complexity index is 1170. The van der Waals surface area contributed by atoms with Crippen LogP contribution in [0.15, 0.2) is 18.2 Å². The summed E-state index contributed by atoms with van der Waals surface area (Å²) in [6.07, 6.45) is 0.268. The van der Waals surface area contributed by atoms with Crippen LogP contribution in [-0.4, -0.2) is 39.4 Å². The van der Waals surface area contributed by atoms with Gasteiger partial charge in [0.15, 0.2) is 5.52 Å². The molecule has 0 bridgehead atoms. The molecule has 0 saturated heterocycles. The normalized spacial score (nSPS) is 11.5. The van der Waals surface area contributed by atoms with Crippen LogP contribution < -0.4 is 14.9 Å². The van der Waals surface area contributed by atoms with Crippen molar-refractivity contribution < 1.29 is 23.9 Å². The maximum Gasteiger partial charge on any atom is 0.460 e. The van der Waals surface area contributed by atoms with Gasteiger partial charge < -0.3 is 19.9 Å². The number of aldehydes is 1. The summed E-state index contributed by atoms with van der Waals surface area (Å²) in [7, 11) is 0. The second-order valence-corrected chi connectivity index (χ2v) is 8.01. The highest BCUT2D eigenvalue weighted by Crippen LogP contribution is 2.29. The summed E-state index contributed by atoms with van der Waals surface area (Å²) in [6.45, 7) is 8.94. The monoisotopic (exact) mass is 428 g/mol. The van der Waals surface area contributed by atoms with Gasteiger partial charge in [-0.25, -0.2) is 9.52 Å². The van der Waals surface area contributed by atoms with Crippen molar-refractivity contribution >= 4 is 29.4 Å². The average molecular weight is 428 g/mol. The maximum atomic E-state index is 12.6. The second kappa shape index (κ2) is 8.17. The molecule has 0 radical (unpaired) electrons. The maximum absolute atomic E-state index is 12.6. The van der Waals surface area contributed by atoms with Gasteiger partial charge in [0.2, 0.25) is 5.10 Å². The topological polar surface area (TPSA) is 140 Å². The first kappa shape index (κ1) is 21.9. The number of carbonyl (C=O) groups excluding carboxylic acids is 2. The Morgan fingerprint density at radius 2 is 1.97 bits per heavy atom. The standard InChI is InChI=1S/C20H24N6O5/c1-12-17(13(2)24(22-12)19(28)31-20(3,4)5)14-7-8-15-16(11-14)26(30)23-18(25(15)29)21-9-6-10-27/h7-8,10-11H,6,9H2,1-5H3,(H,21,23). The molecule has 0 aliphatic heterocycles. The Morgan fingerprint density at radius 3 is 2.61 bits per heavy atom. The number of ether oxygens (including phenoxy) is 1. The van der Waals surface area contributed by atoms with Gasteiger partial charge in [-0.05, 0) is 46.2 Å². The minimum absolute atomic E-state index is 0.0530. The number of rotatable bonds is 5. The predicted octanol–water partition coefficient (Wildman–Crippen LogP) is 1.77. The van der Waals surface area contributed by atoms with Crippen LogP contribution in [0.2, 0.25) is 0 Å². The zero-order valence-electron chi connectivity index (χ0n) is 18.0. The van der Waals surface area contributed by atoms with E-state index >= 15 is 0 Å². The van der Waals surface area contributed by atoms with Crippen LogP contribution in [0.3, 0.4) is 0 Å². The molecule has 2 heterocycles. The van der Waals surface area contributed by atoms with E-state index in [1.165, 1.54) is 16.8 Å². The largest absolute Gasteiger partial charge is 0.739 e. The van der Waals surface area contributed by atoms with Gasteiger partial charge in [0.05, 0.1) is 17.9 Å². The van der Waals surface area contributed by atoms with Gasteiger partial charge in [-0.15, -0.1) is 0 Å². The Morgan fingerprint density at radius 1 is 1.26 bits per heavy atom. The molecule has 0 aliphatic rings. The molecule has 0 unspecified atom stereocenters. The van der Waals surface area contributed by atoms with Gasteiger partial charge in [-0.2, -0.15) is 9.78 Å². The molecular formula is C20H24N6O5. The Hall–Kier alpha value is -3.76. The molecule has 1 aromatic carbocycles. The van der Waals surface area contributed by atoms with Crippen LogP contribution in [0.25, 0.3) is 22.2 Å². The molecule has 3 aromatic rings. The molecule has 0 saturated carbocycles. The molecule has 1 N–H and O–H groups in total. The summed E-state index contributed by atoms with van der Waals surface area (Å²) >= 11 is 0. The Balaban J connectivity index is 2.04. The number of hydrogen-bond acceptors (Lipinski definition) is 8. The van der Waals surface area contributed by atoms with Crippen molar-refractivity contribution in [3.63, 3.8) is 0 Å². The fourth-order valence-electron chi connectivity index (χ4n) is 3.19.